The van der Waals surface area contributed by atoms with Crippen LogP contribution in [0.2, 0.25) is 0 Å². The van der Waals surface area contributed by atoms with E-state index >= 15 is 0 Å². The Morgan fingerprint density at radius 2 is 2.03 bits per heavy atom. The molecule has 0 amide bonds. The smallest absolute Gasteiger partial charge is 0.357 e. The first kappa shape index (κ1) is 24.4. The molecule has 0 aliphatic carbocycles. The molecule has 1 atom stereocenters. The molecule has 166 valence electrons. The van der Waals surface area contributed by atoms with E-state index in [4.69, 9.17) is 0 Å². The molecule has 3 rings (SSSR count). The number of halogens is 4. The Morgan fingerprint density at radius 3 is 2.67 bits per heavy atom. The highest BCUT2D eigenvalue weighted by Crippen LogP contribution is 2.29. The van der Waals surface area contributed by atoms with Crippen molar-refractivity contribution in [1.29, 1.82) is 0 Å². The van der Waals surface area contributed by atoms with Gasteiger partial charge >= 0.3 is 6.18 Å². The predicted molar refractivity (Wildman–Crippen MR) is 122 cm³/mol. The van der Waals surface area contributed by atoms with Gasteiger partial charge < -0.3 is 10.6 Å². The monoisotopic (exact) mass is 536 g/mol. The SMILES string of the molecule is CCNC(=NCCn1cccn1)NC1CCN(Cc2ccc(C(F)(F)F)cc2)C1.I. The van der Waals surface area contributed by atoms with Crippen LogP contribution in [0.25, 0.3) is 0 Å². The molecule has 0 saturated carbocycles. The Balaban J connectivity index is 0.00000320. The Hall–Kier alpha value is -1.82. The maximum absolute atomic E-state index is 12.7. The van der Waals surface area contributed by atoms with Crippen molar-refractivity contribution >= 4 is 29.9 Å². The molecule has 1 unspecified atom stereocenters. The van der Waals surface area contributed by atoms with Crippen LogP contribution in [0.15, 0.2) is 47.7 Å². The summed E-state index contributed by atoms with van der Waals surface area (Å²) in [7, 11) is 0. The molecule has 0 bridgehead atoms. The minimum Gasteiger partial charge on any atom is -0.357 e. The molecule has 2 N–H and O–H groups in total. The molecular weight excluding hydrogens is 508 g/mol. The van der Waals surface area contributed by atoms with Crippen molar-refractivity contribution in [3.8, 4) is 0 Å². The number of likely N-dealkylation sites (tertiary alicyclic amines) is 1. The van der Waals surface area contributed by atoms with E-state index < -0.39 is 11.7 Å². The summed E-state index contributed by atoms with van der Waals surface area (Å²) < 4.78 is 39.9. The Labute approximate surface area is 191 Å². The van der Waals surface area contributed by atoms with Crippen LogP contribution in [0.3, 0.4) is 0 Å². The van der Waals surface area contributed by atoms with Crippen LogP contribution in [0.1, 0.15) is 24.5 Å². The van der Waals surface area contributed by atoms with Gasteiger partial charge in [0.05, 0.1) is 18.7 Å². The van der Waals surface area contributed by atoms with Gasteiger partial charge in [-0.2, -0.15) is 18.3 Å². The Kier molecular flexibility index (Phi) is 9.40. The van der Waals surface area contributed by atoms with Crippen LogP contribution in [0, 0.1) is 0 Å². The summed E-state index contributed by atoms with van der Waals surface area (Å²) in [5.41, 5.74) is 0.280. The third-order valence-corrected chi connectivity index (χ3v) is 4.80. The third kappa shape index (κ3) is 7.46. The van der Waals surface area contributed by atoms with E-state index in [9.17, 15) is 13.2 Å². The minimum atomic E-state index is -4.29. The largest absolute Gasteiger partial charge is 0.416 e. The van der Waals surface area contributed by atoms with Crippen LogP contribution in [0.5, 0.6) is 0 Å². The summed E-state index contributed by atoms with van der Waals surface area (Å²) in [5.74, 6) is 0.779. The van der Waals surface area contributed by atoms with Crippen LogP contribution < -0.4 is 10.6 Å². The van der Waals surface area contributed by atoms with Crippen molar-refractivity contribution < 1.29 is 13.2 Å². The van der Waals surface area contributed by atoms with Crippen LogP contribution >= 0.6 is 24.0 Å². The molecule has 1 saturated heterocycles. The first-order valence-electron chi connectivity index (χ1n) is 9.85. The average molecular weight is 536 g/mol. The number of alkyl halides is 3. The van der Waals surface area contributed by atoms with Crippen molar-refractivity contribution in [3.05, 3.63) is 53.9 Å². The van der Waals surface area contributed by atoms with Crippen LogP contribution in [-0.2, 0) is 19.3 Å². The van der Waals surface area contributed by atoms with Gasteiger partial charge in [0.25, 0.3) is 0 Å². The maximum Gasteiger partial charge on any atom is 0.416 e. The second-order valence-corrected chi connectivity index (χ2v) is 7.09. The standard InChI is InChI=1S/C20H27F3N6.HI/c1-2-24-19(25-10-13-29-11-3-9-26-29)27-18-8-12-28(15-18)14-16-4-6-17(7-5-16)20(21,22)23;/h3-7,9,11,18H,2,8,10,12-15H2,1H3,(H2,24,25,27);1H. The Morgan fingerprint density at radius 1 is 1.27 bits per heavy atom. The quantitative estimate of drug-likeness (QED) is 0.324. The molecule has 1 aromatic carbocycles. The van der Waals surface area contributed by atoms with E-state index in [0.717, 1.165) is 49.7 Å². The summed E-state index contributed by atoms with van der Waals surface area (Å²) in [6.45, 7) is 6.50. The molecule has 30 heavy (non-hydrogen) atoms. The van der Waals surface area contributed by atoms with Crippen LogP contribution in [-0.4, -0.2) is 52.9 Å². The van der Waals surface area contributed by atoms with Gasteiger partial charge in [-0.05, 0) is 37.1 Å². The van der Waals surface area contributed by atoms with Gasteiger partial charge in [0.1, 0.15) is 0 Å². The topological polar surface area (TPSA) is 57.5 Å². The summed E-state index contributed by atoms with van der Waals surface area (Å²) in [6.07, 6.45) is 0.327. The molecule has 0 spiro atoms. The van der Waals surface area contributed by atoms with Crippen molar-refractivity contribution in [2.24, 2.45) is 4.99 Å². The minimum absolute atomic E-state index is 0. The molecule has 1 fully saturated rings. The number of aromatic nitrogens is 2. The maximum atomic E-state index is 12.7. The third-order valence-electron chi connectivity index (χ3n) is 4.80. The zero-order valence-electron chi connectivity index (χ0n) is 16.9. The van der Waals surface area contributed by atoms with Crippen LogP contribution in [0.4, 0.5) is 13.2 Å². The lowest BCUT2D eigenvalue weighted by atomic mass is 10.1. The van der Waals surface area contributed by atoms with Gasteiger partial charge in [-0.25, -0.2) is 0 Å². The molecule has 1 aromatic heterocycles. The fourth-order valence-electron chi connectivity index (χ4n) is 3.36. The fourth-order valence-corrected chi connectivity index (χ4v) is 3.36. The molecule has 2 aromatic rings. The Bertz CT molecular complexity index is 777. The molecule has 6 nitrogen and oxygen atoms in total. The van der Waals surface area contributed by atoms with Gasteiger partial charge in [-0.1, -0.05) is 12.1 Å². The van der Waals surface area contributed by atoms with Gasteiger partial charge in [0.2, 0.25) is 0 Å². The second kappa shape index (κ2) is 11.5. The van der Waals surface area contributed by atoms with Crippen molar-refractivity contribution in [2.45, 2.75) is 38.7 Å². The van der Waals surface area contributed by atoms with Gasteiger partial charge in [0, 0.05) is 44.6 Å². The number of nitrogens with one attached hydrogen (secondary N) is 2. The lowest BCUT2D eigenvalue weighted by Gasteiger charge is -2.19. The number of benzene rings is 1. The molecule has 10 heteroatoms. The lowest BCUT2D eigenvalue weighted by Crippen LogP contribution is -2.44. The average Bonchev–Trinajstić information content (AvgIpc) is 3.34. The highest BCUT2D eigenvalue weighted by atomic mass is 127. The number of hydrogen-bond acceptors (Lipinski definition) is 3. The van der Waals surface area contributed by atoms with Crippen molar-refractivity contribution in [3.63, 3.8) is 0 Å². The van der Waals surface area contributed by atoms with E-state index in [1.165, 1.54) is 0 Å². The summed E-state index contributed by atoms with van der Waals surface area (Å²) in [4.78, 5) is 6.85. The number of hydrogen-bond donors (Lipinski definition) is 2. The fraction of sp³-hybridized carbons (Fsp3) is 0.500. The van der Waals surface area contributed by atoms with Crippen molar-refractivity contribution in [2.75, 3.05) is 26.2 Å². The number of guanidine groups is 1. The first-order chi connectivity index (χ1) is 13.9. The number of aliphatic imine (C=N–C) groups is 1. The zero-order valence-corrected chi connectivity index (χ0v) is 19.2. The molecule has 0 radical (unpaired) electrons. The van der Waals surface area contributed by atoms with Gasteiger partial charge in [0.15, 0.2) is 5.96 Å². The normalized spacial score (nSPS) is 17.6. The number of rotatable bonds is 7. The summed E-state index contributed by atoms with van der Waals surface area (Å²) in [5, 5.41) is 10.9. The molecule has 1 aliphatic heterocycles. The van der Waals surface area contributed by atoms with E-state index in [1.807, 2.05) is 23.9 Å². The molecule has 2 heterocycles. The number of nitrogens with zero attached hydrogens (tertiary/aromatic N) is 4. The first-order valence-corrected chi connectivity index (χ1v) is 9.85. The highest BCUT2D eigenvalue weighted by Gasteiger charge is 2.30. The van der Waals surface area contributed by atoms with E-state index in [1.54, 1.807) is 18.3 Å². The van der Waals surface area contributed by atoms with Gasteiger partial charge in [-0.15, -0.1) is 24.0 Å². The summed E-state index contributed by atoms with van der Waals surface area (Å²) >= 11 is 0. The van der Waals surface area contributed by atoms with Gasteiger partial charge in [-0.3, -0.25) is 14.6 Å². The van der Waals surface area contributed by atoms with E-state index in [2.05, 4.69) is 25.6 Å². The van der Waals surface area contributed by atoms with E-state index in [0.29, 0.717) is 19.6 Å². The van der Waals surface area contributed by atoms with E-state index in [-0.39, 0.29) is 30.0 Å². The second-order valence-electron chi connectivity index (χ2n) is 7.09. The zero-order chi connectivity index (χ0) is 20.7. The highest BCUT2D eigenvalue weighted by molar-refractivity contribution is 14.0. The molecular formula is C20H28F3IN6. The summed E-state index contributed by atoms with van der Waals surface area (Å²) in [6, 6.07) is 7.56. The van der Waals surface area contributed by atoms with Crippen molar-refractivity contribution in [1.82, 2.24) is 25.3 Å². The lowest BCUT2D eigenvalue weighted by molar-refractivity contribution is -0.137. The molecule has 1 aliphatic rings. The predicted octanol–water partition coefficient (Wildman–Crippen LogP) is 3.35.